The topological polar surface area (TPSA) is 359 Å². The standard InChI is InChI=1S/C23H40O10S8.C17H28O8S4.C13H20O6.C7H16O4/c1-17(29-8-9-31-19(25)3-11-41-13-5-21(27)33-16-23(37,38)39)14-28-6-7-30-18(24)2-10-40-12-4-20(26)32-15-22(34,35)36;18-13(1-5-26)22-9-17(10-23-14(19)2-6-27,11-24-15(20)3-7-28)12-25-16(21)4-8-29;1-4-12(14)18-7-6-16-10-11(3)17-8-9-19-13(15)5-2;1-7(11-5-3-9)6-10-4-2-8/h17,34-39H,2-16H2,1H3;26-29H,1-12H2;4-5,11H,1-2,6-10H2,3H3;7-9H,2-6H2,1H3. The van der Waals surface area contributed by atoms with E-state index in [0.717, 1.165) is 12.2 Å². The number of aliphatic hydroxyl groups excluding tert-OH is 2. The summed E-state index contributed by atoms with van der Waals surface area (Å²) in [6.45, 7) is 14.4. The number of thioether (sulfide) groups is 2. The lowest BCUT2D eigenvalue weighted by molar-refractivity contribution is -0.170. The van der Waals surface area contributed by atoms with Crippen LogP contribution in [0.3, 0.4) is 0 Å². The molecule has 0 bridgehead atoms. The highest BCUT2D eigenvalue weighted by atomic mass is 32.2. The minimum atomic E-state index is -1.25. The molecular weight excluding hydrogens is 1550 g/mol. The maximum atomic E-state index is 11.8. The van der Waals surface area contributed by atoms with Gasteiger partial charge in [0.15, 0.2) is 0 Å². The SMILES string of the molecule is C=CC(=O)OCCOCC(C)OCCOC(=O)C=C.CC(COCCO)OCCO.CC(COCCOC(=O)CCSCCC(=O)OCC(S)(S)S)OCCOC(=O)CCSCCC(=O)OCC(S)(S)S.O=C(CCS)OCC(COC(=O)CCS)(COC(=O)CCS)COC(=O)CCS. The third-order valence-electron chi connectivity index (χ3n) is 10.6. The first kappa shape index (κ1) is 104. The summed E-state index contributed by atoms with van der Waals surface area (Å²) in [5.41, 5.74) is -1.25. The number of ether oxygens (including phenoxy) is 16. The Labute approximate surface area is 651 Å². The average Bonchev–Trinajstić information content (AvgIpc) is 0.855. The van der Waals surface area contributed by atoms with E-state index < -0.39 is 48.1 Å². The van der Waals surface area contributed by atoms with Crippen LogP contribution in [-0.2, 0) is 124 Å². The normalized spacial score (nSPS) is 11.9. The van der Waals surface area contributed by atoms with Crippen molar-refractivity contribution in [2.24, 2.45) is 5.41 Å². The first-order valence-corrected chi connectivity index (χ1v) is 38.5. The van der Waals surface area contributed by atoms with Gasteiger partial charge in [-0.1, -0.05) is 13.2 Å². The van der Waals surface area contributed by atoms with E-state index in [1.807, 2.05) is 20.8 Å². The van der Waals surface area contributed by atoms with Gasteiger partial charge in [-0.3, -0.25) is 38.4 Å². The van der Waals surface area contributed by atoms with Crippen molar-refractivity contribution in [3.8, 4) is 0 Å². The Bertz CT molecular complexity index is 2110. The van der Waals surface area contributed by atoms with Crippen LogP contribution in [0.2, 0.25) is 0 Å². The Hall–Kier alpha value is -1.94. The van der Waals surface area contributed by atoms with Gasteiger partial charge in [0.2, 0.25) is 0 Å². The first-order chi connectivity index (χ1) is 47.4. The molecule has 0 rings (SSSR count). The third-order valence-corrected chi connectivity index (χ3v) is 14.3. The summed E-state index contributed by atoms with van der Waals surface area (Å²) in [6, 6.07) is 0. The zero-order valence-electron chi connectivity index (χ0n) is 56.8. The van der Waals surface area contributed by atoms with E-state index in [1.54, 1.807) is 0 Å². The molecule has 100 heavy (non-hydrogen) atoms. The van der Waals surface area contributed by atoms with E-state index in [0.29, 0.717) is 62.7 Å². The van der Waals surface area contributed by atoms with E-state index in [1.165, 1.54) is 23.5 Å². The Balaban J connectivity index is -0.000000675. The van der Waals surface area contributed by atoms with E-state index in [-0.39, 0.29) is 216 Å². The lowest BCUT2D eigenvalue weighted by atomic mass is 9.92. The van der Waals surface area contributed by atoms with Crippen molar-refractivity contribution >= 4 is 210 Å². The number of carbonyl (C=O) groups is 10. The minimum Gasteiger partial charge on any atom is -0.465 e. The van der Waals surface area contributed by atoms with Crippen LogP contribution in [-0.4, -0.2) is 280 Å². The molecule has 0 aliphatic carbocycles. The smallest absolute Gasteiger partial charge is 0.330 e. The van der Waals surface area contributed by atoms with Gasteiger partial charge in [-0.15, -0.1) is 75.8 Å². The zero-order valence-corrected chi connectivity index (χ0v) is 67.3. The van der Waals surface area contributed by atoms with Crippen LogP contribution in [0, 0.1) is 5.41 Å². The Morgan fingerprint density at radius 1 is 0.350 bits per heavy atom. The van der Waals surface area contributed by atoms with Crippen molar-refractivity contribution in [2.45, 2.75) is 97.3 Å². The number of thiol groups is 10. The van der Waals surface area contributed by atoms with Gasteiger partial charge in [0, 0.05) is 58.2 Å². The highest BCUT2D eigenvalue weighted by Gasteiger charge is 2.38. The van der Waals surface area contributed by atoms with Gasteiger partial charge < -0.3 is 86.0 Å². The predicted octanol–water partition coefficient (Wildman–Crippen LogP) is 5.18. The summed E-state index contributed by atoms with van der Waals surface area (Å²) in [5.74, 6) is -1.26. The first-order valence-electron chi connectivity index (χ1n) is 31.0. The van der Waals surface area contributed by atoms with E-state index in [2.05, 4.69) is 139 Å². The maximum Gasteiger partial charge on any atom is 0.330 e. The Kier molecular flexibility index (Phi) is 74.5. The molecule has 0 aliphatic heterocycles. The molecule has 0 aromatic heterocycles. The molecule has 2 N–H and O–H groups in total. The quantitative estimate of drug-likeness (QED) is 0.00932. The molecule has 0 aromatic carbocycles. The van der Waals surface area contributed by atoms with Crippen molar-refractivity contribution in [2.75, 3.05) is 185 Å². The number of aliphatic hydroxyl groups is 2. The second kappa shape index (κ2) is 71.3. The fourth-order valence-electron chi connectivity index (χ4n) is 5.85. The zero-order chi connectivity index (χ0) is 76.3. The maximum absolute atomic E-state index is 11.8. The number of carbonyl (C=O) groups excluding carboxylic acids is 10. The molecule has 0 radical (unpaired) electrons. The van der Waals surface area contributed by atoms with Crippen LogP contribution in [0.4, 0.5) is 0 Å². The highest BCUT2D eigenvalue weighted by molar-refractivity contribution is 8.17. The average molecular weight is 1660 g/mol. The molecular formula is C60H104O28S12. The van der Waals surface area contributed by atoms with Crippen LogP contribution in [0.5, 0.6) is 0 Å². The van der Waals surface area contributed by atoms with E-state index in [4.69, 9.17) is 86.0 Å². The summed E-state index contributed by atoms with van der Waals surface area (Å²) in [4.78, 5) is 115. The van der Waals surface area contributed by atoms with Crippen LogP contribution in [0.25, 0.3) is 0 Å². The number of esters is 10. The summed E-state index contributed by atoms with van der Waals surface area (Å²) in [7, 11) is 0. The Morgan fingerprint density at radius 3 is 0.890 bits per heavy atom. The van der Waals surface area contributed by atoms with Gasteiger partial charge in [-0.05, 0) is 20.8 Å². The molecule has 0 amide bonds. The molecule has 584 valence electrons. The van der Waals surface area contributed by atoms with Crippen LogP contribution < -0.4 is 0 Å². The molecule has 40 heteroatoms. The monoisotopic (exact) mass is 1660 g/mol. The third kappa shape index (κ3) is 78.6. The molecule has 0 aliphatic rings. The van der Waals surface area contributed by atoms with Crippen molar-refractivity contribution in [3.63, 3.8) is 0 Å². The van der Waals surface area contributed by atoms with E-state index in [9.17, 15) is 47.9 Å². The van der Waals surface area contributed by atoms with Gasteiger partial charge in [0.1, 0.15) is 78.3 Å². The largest absolute Gasteiger partial charge is 0.465 e. The molecule has 0 spiro atoms. The van der Waals surface area contributed by atoms with Crippen LogP contribution in [0.1, 0.15) is 72.1 Å². The second-order valence-electron chi connectivity index (χ2n) is 20.0. The fourth-order valence-corrected chi connectivity index (χ4v) is 8.62. The molecule has 3 unspecified atom stereocenters. The van der Waals surface area contributed by atoms with Gasteiger partial charge in [0.05, 0.1) is 142 Å². The van der Waals surface area contributed by atoms with Crippen molar-refractivity contribution < 1.29 is 134 Å². The molecule has 0 saturated carbocycles. The van der Waals surface area contributed by atoms with Crippen molar-refractivity contribution in [1.82, 2.24) is 0 Å². The summed E-state index contributed by atoms with van der Waals surface area (Å²) in [5, 5.41) is 16.7. The van der Waals surface area contributed by atoms with Gasteiger partial charge in [0.25, 0.3) is 0 Å². The number of hydrogen-bond donors (Lipinski definition) is 12. The molecule has 0 heterocycles. The predicted molar refractivity (Wildman–Crippen MR) is 412 cm³/mol. The summed E-state index contributed by atoms with van der Waals surface area (Å²) >= 11 is 42.9. The second-order valence-corrected chi connectivity index (χ2v) is 31.0. The number of rotatable bonds is 59. The van der Waals surface area contributed by atoms with Crippen LogP contribution in [0.15, 0.2) is 25.3 Å². The van der Waals surface area contributed by atoms with Gasteiger partial charge in [-0.2, -0.15) is 74.0 Å². The molecule has 0 aromatic rings. The molecule has 0 saturated heterocycles. The summed E-state index contributed by atoms with van der Waals surface area (Å²) < 4.78 is 80.1. The molecule has 28 nitrogen and oxygen atoms in total. The molecule has 3 atom stereocenters. The lowest BCUT2D eigenvalue weighted by Crippen LogP contribution is -2.44. The highest BCUT2D eigenvalue weighted by Crippen LogP contribution is 2.26. The minimum absolute atomic E-state index is 0.0161. The van der Waals surface area contributed by atoms with E-state index >= 15 is 0 Å². The van der Waals surface area contributed by atoms with Crippen molar-refractivity contribution in [1.29, 1.82) is 0 Å². The lowest BCUT2D eigenvalue weighted by Gasteiger charge is -2.31. The fraction of sp³-hybridized carbons (Fsp3) is 0.767. The van der Waals surface area contributed by atoms with Gasteiger partial charge in [-0.25, -0.2) is 9.59 Å². The van der Waals surface area contributed by atoms with Gasteiger partial charge >= 0.3 is 59.7 Å². The molecule has 0 fully saturated rings. The Morgan fingerprint density at radius 2 is 0.600 bits per heavy atom. The number of hydrogen-bond acceptors (Lipinski definition) is 40. The van der Waals surface area contributed by atoms with Crippen LogP contribution >= 0.6 is 150 Å². The summed E-state index contributed by atoms with van der Waals surface area (Å²) in [6.07, 6.45) is 2.95. The van der Waals surface area contributed by atoms with Crippen molar-refractivity contribution in [3.05, 3.63) is 25.3 Å².